The van der Waals surface area contributed by atoms with Crippen molar-refractivity contribution in [1.29, 1.82) is 5.26 Å². The molecule has 10 nitrogen and oxygen atoms in total. The van der Waals surface area contributed by atoms with Crippen molar-refractivity contribution < 1.29 is 29.6 Å². The summed E-state index contributed by atoms with van der Waals surface area (Å²) in [5, 5.41) is 41.7. The van der Waals surface area contributed by atoms with Crippen LogP contribution >= 0.6 is 11.6 Å². The van der Waals surface area contributed by atoms with Crippen LogP contribution in [0.25, 0.3) is 22.3 Å². The van der Waals surface area contributed by atoms with E-state index in [-0.39, 0.29) is 38.8 Å². The van der Waals surface area contributed by atoms with Crippen LogP contribution in [-0.4, -0.2) is 63.0 Å². The Hall–Kier alpha value is -5.28. The molecule has 2 atom stereocenters. The van der Waals surface area contributed by atoms with E-state index in [2.05, 4.69) is 83.6 Å². The Morgan fingerprint density at radius 3 is 2.40 bits per heavy atom. The van der Waals surface area contributed by atoms with Crippen LogP contribution in [0, 0.1) is 25.2 Å². The summed E-state index contributed by atoms with van der Waals surface area (Å²) < 4.78 is 12.5. The minimum Gasteiger partial charge on any atom is -0.488 e. The quantitative estimate of drug-likeness (QED) is 0.0814. The van der Waals surface area contributed by atoms with Crippen LogP contribution in [0.1, 0.15) is 51.8 Å². The molecule has 6 rings (SSSR count). The molecule has 0 amide bonds. The zero-order chi connectivity index (χ0) is 38.9. The molecule has 0 spiro atoms. The molecule has 2 heterocycles. The lowest BCUT2D eigenvalue weighted by atomic mass is 9.89. The largest absolute Gasteiger partial charge is 0.488 e. The monoisotopic (exact) mass is 760 g/mol. The van der Waals surface area contributed by atoms with Crippen molar-refractivity contribution >= 4 is 17.6 Å². The zero-order valence-corrected chi connectivity index (χ0v) is 31.7. The van der Waals surface area contributed by atoms with Crippen LogP contribution in [0.5, 0.6) is 11.5 Å². The topological polar surface area (TPSA) is 148 Å². The van der Waals surface area contributed by atoms with Gasteiger partial charge in [0.2, 0.25) is 0 Å². The number of likely N-dealkylation sites (tertiary alicyclic amines) is 1. The fourth-order valence-electron chi connectivity index (χ4n) is 6.93. The molecule has 0 aliphatic carbocycles. The number of carboxylic acids is 1. The first-order valence-electron chi connectivity index (χ1n) is 18.3. The fourth-order valence-corrected chi connectivity index (χ4v) is 7.17. The van der Waals surface area contributed by atoms with Crippen LogP contribution in [-0.2, 0) is 31.1 Å². The van der Waals surface area contributed by atoms with Crippen molar-refractivity contribution in [2.75, 3.05) is 19.6 Å². The van der Waals surface area contributed by atoms with E-state index >= 15 is 0 Å². The zero-order valence-electron chi connectivity index (χ0n) is 31.0. The van der Waals surface area contributed by atoms with Crippen LogP contribution in [0.3, 0.4) is 0 Å². The van der Waals surface area contributed by atoms with Gasteiger partial charge in [0.1, 0.15) is 30.8 Å². The summed E-state index contributed by atoms with van der Waals surface area (Å²) >= 11 is 6.76. The Morgan fingerprint density at radius 1 is 0.945 bits per heavy atom. The van der Waals surface area contributed by atoms with Gasteiger partial charge in [0.05, 0.1) is 29.2 Å². The van der Waals surface area contributed by atoms with Crippen LogP contribution in [0.4, 0.5) is 0 Å². The maximum atomic E-state index is 11.0. The number of ether oxygens (including phenoxy) is 2. The number of nitrogens with zero attached hydrogens (tertiary/aromatic N) is 3. The first-order valence-corrected chi connectivity index (χ1v) is 18.7. The van der Waals surface area contributed by atoms with Crippen molar-refractivity contribution in [3.63, 3.8) is 0 Å². The highest BCUT2D eigenvalue weighted by Crippen LogP contribution is 2.37. The lowest BCUT2D eigenvalue weighted by molar-refractivity contribution is -0.139. The number of hydrogen-bond acceptors (Lipinski definition) is 9. The second-order valence-corrected chi connectivity index (χ2v) is 14.4. The van der Waals surface area contributed by atoms with Gasteiger partial charge in [-0.25, -0.2) is 0 Å². The average Bonchev–Trinajstić information content (AvgIpc) is 3.58. The summed E-state index contributed by atoms with van der Waals surface area (Å²) in [6.07, 6.45) is 2.28. The highest BCUT2D eigenvalue weighted by molar-refractivity contribution is 6.32. The predicted molar refractivity (Wildman–Crippen MR) is 212 cm³/mol. The minimum absolute atomic E-state index is 0.0608. The van der Waals surface area contributed by atoms with Gasteiger partial charge in [0, 0.05) is 62.3 Å². The summed E-state index contributed by atoms with van der Waals surface area (Å²) in [5.74, 6) is -0.191. The van der Waals surface area contributed by atoms with Crippen molar-refractivity contribution in [2.24, 2.45) is 0 Å². The van der Waals surface area contributed by atoms with Gasteiger partial charge in [-0.05, 0) is 76.9 Å². The van der Waals surface area contributed by atoms with E-state index in [0.717, 1.165) is 53.9 Å². The van der Waals surface area contributed by atoms with E-state index in [0.29, 0.717) is 33.2 Å². The number of aromatic nitrogens is 1. The summed E-state index contributed by atoms with van der Waals surface area (Å²) in [6, 6.07) is 28.5. The van der Waals surface area contributed by atoms with Gasteiger partial charge in [-0.15, -0.1) is 0 Å². The smallest absolute Gasteiger partial charge is 0.306 e. The van der Waals surface area contributed by atoms with Gasteiger partial charge in [-0.3, -0.25) is 14.7 Å². The van der Waals surface area contributed by atoms with E-state index in [9.17, 15) is 20.3 Å². The molecule has 0 radical (unpaired) electrons. The number of β-amino-alcohol motifs (C(OH)–C–C–N with tert-alkyl or cyclic N) is 1. The van der Waals surface area contributed by atoms with Crippen LogP contribution < -0.4 is 14.8 Å². The maximum absolute atomic E-state index is 11.0. The number of carboxylic acid groups (broad SMARTS) is 1. The summed E-state index contributed by atoms with van der Waals surface area (Å²) in [4.78, 5) is 17.4. The number of carbonyl (C=O) groups is 1. The number of halogens is 1. The van der Waals surface area contributed by atoms with Gasteiger partial charge < -0.3 is 30.1 Å². The number of nitriles is 1. The Balaban J connectivity index is 1.19. The molecule has 5 aromatic rings. The molecule has 1 fully saturated rings. The Morgan fingerprint density at radius 2 is 1.67 bits per heavy atom. The fraction of sp³-hybridized carbons (Fsp3) is 0.295. The molecular formula is C44H45ClN4O6. The number of aliphatic hydroxyl groups excluding tert-OH is 2. The lowest BCUT2D eigenvalue weighted by Gasteiger charge is -2.19. The predicted octanol–water partition coefficient (Wildman–Crippen LogP) is 7.21. The number of aliphatic hydroxyl groups is 2. The molecule has 4 N–H and O–H groups in total. The number of rotatable bonds is 16. The molecule has 1 saturated heterocycles. The molecule has 4 aromatic carbocycles. The Labute approximate surface area is 326 Å². The highest BCUT2D eigenvalue weighted by Gasteiger charge is 2.20. The van der Waals surface area contributed by atoms with E-state index in [1.54, 1.807) is 24.4 Å². The molecule has 1 aromatic heterocycles. The van der Waals surface area contributed by atoms with Crippen molar-refractivity contribution in [2.45, 2.75) is 65.2 Å². The van der Waals surface area contributed by atoms with Crippen molar-refractivity contribution in [3.05, 3.63) is 135 Å². The number of hydrogen-bond donors (Lipinski definition) is 4. The molecule has 1 aliphatic rings. The number of nitrogens with one attached hydrogen (secondary N) is 1. The molecule has 55 heavy (non-hydrogen) atoms. The number of pyridine rings is 1. The Kier molecular flexibility index (Phi) is 13.2. The molecule has 1 aliphatic heterocycles. The average molecular weight is 761 g/mol. The van der Waals surface area contributed by atoms with E-state index in [1.807, 2.05) is 12.1 Å². The first kappa shape index (κ1) is 39.4. The number of benzene rings is 4. The van der Waals surface area contributed by atoms with Gasteiger partial charge >= 0.3 is 5.97 Å². The van der Waals surface area contributed by atoms with Crippen molar-refractivity contribution in [3.8, 4) is 39.8 Å². The lowest BCUT2D eigenvalue weighted by Crippen LogP contribution is -2.28. The molecule has 11 heteroatoms. The third-order valence-corrected chi connectivity index (χ3v) is 10.2. The van der Waals surface area contributed by atoms with Gasteiger partial charge in [0.25, 0.3) is 0 Å². The molecule has 0 saturated carbocycles. The third kappa shape index (κ3) is 10.3. The summed E-state index contributed by atoms with van der Waals surface area (Å²) in [6.45, 7) is 7.42. The second kappa shape index (κ2) is 18.4. The van der Waals surface area contributed by atoms with Crippen molar-refractivity contribution in [1.82, 2.24) is 15.2 Å². The first-order chi connectivity index (χ1) is 26.6. The van der Waals surface area contributed by atoms with Gasteiger partial charge in [-0.2, -0.15) is 5.26 Å². The normalized spacial score (nSPS) is 14.7. The van der Waals surface area contributed by atoms with Gasteiger partial charge in [0.15, 0.2) is 0 Å². The van der Waals surface area contributed by atoms with E-state index in [1.165, 1.54) is 22.9 Å². The molecule has 0 unspecified atom stereocenters. The standard InChI is InChI=1S/C44H45ClN4O6/c1-28-34(5-3-7-39(28)40-8-4-6-38(29(40)2)33-11-9-30(10-12-33)24-49-14-13-36(50)25-49)27-55-43-18-42(54-26-32-15-31(19-46)20-47-21-32)35(16-41(43)45)22-48-23-37(51)17-44(52)53/h3-12,15-16,18,20-21,36-37,48,50-51H,13-14,17,22-27H2,1-2H3,(H,52,53)/t36-,37-/m0/s1. The molecule has 0 bridgehead atoms. The molecular weight excluding hydrogens is 716 g/mol. The second-order valence-electron chi connectivity index (χ2n) is 14.0. The third-order valence-electron chi connectivity index (χ3n) is 9.91. The van der Waals surface area contributed by atoms with E-state index < -0.39 is 12.1 Å². The maximum Gasteiger partial charge on any atom is 0.306 e. The van der Waals surface area contributed by atoms with Crippen LogP contribution in [0.15, 0.2) is 91.3 Å². The summed E-state index contributed by atoms with van der Waals surface area (Å²) in [5.41, 5.74) is 10.9. The Bertz CT molecular complexity index is 2170. The number of aliphatic carboxylic acids is 1. The highest BCUT2D eigenvalue weighted by atomic mass is 35.5. The van der Waals surface area contributed by atoms with Crippen LogP contribution in [0.2, 0.25) is 5.02 Å². The van der Waals surface area contributed by atoms with Gasteiger partial charge in [-0.1, -0.05) is 72.3 Å². The summed E-state index contributed by atoms with van der Waals surface area (Å²) in [7, 11) is 0. The minimum atomic E-state index is -1.09. The van der Waals surface area contributed by atoms with E-state index in [4.69, 9.17) is 26.2 Å². The SMILES string of the molecule is Cc1c(COc2cc(OCc3cncc(C#N)c3)c(CNC[C@@H](O)CC(=O)O)cc2Cl)cccc1-c1cccc(-c2ccc(CN3CC[C@H](O)C3)cc2)c1C. The molecule has 284 valence electrons.